The summed E-state index contributed by atoms with van der Waals surface area (Å²) in [5.74, 6) is -0.531. The first-order valence-electron chi connectivity index (χ1n) is 9.12. The molecule has 1 unspecified atom stereocenters. The Balaban J connectivity index is 1.55. The summed E-state index contributed by atoms with van der Waals surface area (Å²) in [5, 5.41) is 22.9. The molecule has 0 saturated carbocycles. The molecular weight excluding hydrogens is 396 g/mol. The summed E-state index contributed by atoms with van der Waals surface area (Å²) in [7, 11) is 1.26. The summed E-state index contributed by atoms with van der Waals surface area (Å²) in [6.07, 6.45) is 2.08. The first-order valence-corrected chi connectivity index (χ1v) is 10.1. The number of ether oxygens (including phenoxy) is 2. The number of methoxy groups -OCH3 is 1. The molecule has 10 nitrogen and oxygen atoms in total. The fourth-order valence-corrected chi connectivity index (χ4v) is 3.89. The number of tetrazole rings is 1. The van der Waals surface area contributed by atoms with E-state index in [4.69, 9.17) is 9.47 Å². The number of nitrogens with one attached hydrogen (secondary N) is 1. The second kappa shape index (κ2) is 8.62. The van der Waals surface area contributed by atoms with Crippen molar-refractivity contribution in [1.29, 1.82) is 0 Å². The van der Waals surface area contributed by atoms with Crippen LogP contribution >= 0.6 is 11.8 Å². The van der Waals surface area contributed by atoms with Gasteiger partial charge in [0.25, 0.3) is 0 Å². The highest BCUT2D eigenvalue weighted by Crippen LogP contribution is 2.25. The number of esters is 1. The first kappa shape index (κ1) is 19.4. The van der Waals surface area contributed by atoms with Gasteiger partial charge in [-0.05, 0) is 35.4 Å². The fourth-order valence-electron chi connectivity index (χ4n) is 3.13. The Morgan fingerprint density at radius 2 is 2.31 bits per heavy atom. The molecule has 4 rings (SSSR count). The highest BCUT2D eigenvalue weighted by molar-refractivity contribution is 7.99. The molecule has 3 aromatic rings. The summed E-state index contributed by atoms with van der Waals surface area (Å²) in [5.41, 5.74) is 1.42. The van der Waals surface area contributed by atoms with Crippen LogP contribution in [0.15, 0.2) is 35.2 Å². The molecular formula is C18H20N6O4S. The average molecular weight is 416 g/mol. The summed E-state index contributed by atoms with van der Waals surface area (Å²) in [4.78, 5) is 19.7. The Morgan fingerprint density at radius 1 is 1.45 bits per heavy atom. The zero-order valence-electron chi connectivity index (χ0n) is 15.7. The van der Waals surface area contributed by atoms with E-state index in [-0.39, 0.29) is 29.0 Å². The van der Waals surface area contributed by atoms with Gasteiger partial charge in [0, 0.05) is 6.61 Å². The van der Waals surface area contributed by atoms with Crippen molar-refractivity contribution in [2.75, 3.05) is 19.5 Å². The number of fused-ring (bicyclic) bond motifs is 1. The standard InChI is InChI=1S/C18H20N6O4S/c1-27-17(26)15(16-19-12-6-2-3-7-13(12)20-16)14(25)10-29-18-21-22-23-24(18)9-11-5-4-8-28-11/h2-3,6-7,11,25H,4-5,8-10H2,1H3,(H,19,20)/b15-14+. The highest BCUT2D eigenvalue weighted by Gasteiger charge is 2.23. The predicted octanol–water partition coefficient (Wildman–Crippen LogP) is 1.96. The smallest absolute Gasteiger partial charge is 0.345 e. The van der Waals surface area contributed by atoms with Crippen molar-refractivity contribution in [3.63, 3.8) is 0 Å². The van der Waals surface area contributed by atoms with Crippen molar-refractivity contribution in [2.24, 2.45) is 0 Å². The number of aromatic amines is 1. The van der Waals surface area contributed by atoms with Gasteiger partial charge >= 0.3 is 5.97 Å². The second-order valence-corrected chi connectivity index (χ2v) is 7.43. The molecule has 1 saturated heterocycles. The Hall–Kier alpha value is -2.92. The zero-order valence-corrected chi connectivity index (χ0v) is 16.6. The number of hydrogen-bond acceptors (Lipinski definition) is 9. The van der Waals surface area contributed by atoms with Crippen LogP contribution < -0.4 is 0 Å². The number of rotatable bonds is 7. The van der Waals surface area contributed by atoms with Crippen LogP contribution in [0.4, 0.5) is 0 Å². The van der Waals surface area contributed by atoms with E-state index >= 15 is 0 Å². The van der Waals surface area contributed by atoms with E-state index in [1.165, 1.54) is 18.9 Å². The molecule has 0 bridgehead atoms. The van der Waals surface area contributed by atoms with Crippen molar-refractivity contribution in [3.05, 3.63) is 35.8 Å². The molecule has 0 amide bonds. The van der Waals surface area contributed by atoms with Crippen LogP contribution in [0.1, 0.15) is 18.7 Å². The Bertz CT molecular complexity index is 1010. The van der Waals surface area contributed by atoms with Crippen molar-refractivity contribution in [1.82, 2.24) is 30.2 Å². The monoisotopic (exact) mass is 416 g/mol. The summed E-state index contributed by atoms with van der Waals surface area (Å²) < 4.78 is 12.1. The lowest BCUT2D eigenvalue weighted by Crippen LogP contribution is -2.17. The SMILES string of the molecule is COC(=O)/C(=C(/O)CSc1nnnn1CC1CCCO1)c1nc2ccccc2[nH]1. The second-order valence-electron chi connectivity index (χ2n) is 6.48. The zero-order chi connectivity index (χ0) is 20.2. The molecule has 1 atom stereocenters. The number of aliphatic hydroxyl groups is 1. The maximum atomic E-state index is 12.3. The van der Waals surface area contributed by atoms with Crippen molar-refractivity contribution in [2.45, 2.75) is 30.6 Å². The molecule has 152 valence electrons. The van der Waals surface area contributed by atoms with Crippen LogP contribution in [0.3, 0.4) is 0 Å². The highest BCUT2D eigenvalue weighted by atomic mass is 32.2. The first-order chi connectivity index (χ1) is 14.2. The van der Waals surface area contributed by atoms with Gasteiger partial charge < -0.3 is 19.6 Å². The normalized spacial score (nSPS) is 17.5. The van der Waals surface area contributed by atoms with E-state index in [0.717, 1.165) is 25.0 Å². The minimum Gasteiger partial charge on any atom is -0.510 e. The minimum atomic E-state index is -0.680. The number of thioether (sulfide) groups is 1. The maximum Gasteiger partial charge on any atom is 0.345 e. The molecule has 3 heterocycles. The van der Waals surface area contributed by atoms with E-state index in [9.17, 15) is 9.90 Å². The van der Waals surface area contributed by atoms with E-state index in [0.29, 0.717) is 17.2 Å². The molecule has 1 fully saturated rings. The van der Waals surface area contributed by atoms with Crippen molar-refractivity contribution < 1.29 is 19.4 Å². The number of nitrogens with zero attached hydrogens (tertiary/aromatic N) is 5. The van der Waals surface area contributed by atoms with Gasteiger partial charge in [0.05, 0.1) is 36.5 Å². The lowest BCUT2D eigenvalue weighted by atomic mass is 10.2. The van der Waals surface area contributed by atoms with Crippen LogP contribution in [-0.2, 0) is 20.8 Å². The topological polar surface area (TPSA) is 128 Å². The average Bonchev–Trinajstić information content (AvgIpc) is 3.47. The maximum absolute atomic E-state index is 12.3. The predicted molar refractivity (Wildman–Crippen MR) is 105 cm³/mol. The molecule has 0 spiro atoms. The van der Waals surface area contributed by atoms with Crippen molar-refractivity contribution >= 4 is 34.3 Å². The molecule has 2 aromatic heterocycles. The van der Waals surface area contributed by atoms with E-state index in [1.54, 1.807) is 4.68 Å². The molecule has 1 aliphatic rings. The van der Waals surface area contributed by atoms with E-state index < -0.39 is 5.97 Å². The number of aromatic nitrogens is 6. The molecule has 0 radical (unpaired) electrons. The summed E-state index contributed by atoms with van der Waals surface area (Å²) >= 11 is 1.22. The van der Waals surface area contributed by atoms with Gasteiger partial charge in [-0.15, -0.1) is 5.10 Å². The Morgan fingerprint density at radius 3 is 3.07 bits per heavy atom. The molecule has 2 N–H and O–H groups in total. The van der Waals surface area contributed by atoms with Crippen molar-refractivity contribution in [3.8, 4) is 0 Å². The number of carbonyl (C=O) groups excluding carboxylic acids is 1. The fraction of sp³-hybridized carbons (Fsp3) is 0.389. The lowest BCUT2D eigenvalue weighted by molar-refractivity contribution is -0.133. The van der Waals surface area contributed by atoms with Crippen LogP contribution in [0.2, 0.25) is 0 Å². The summed E-state index contributed by atoms with van der Waals surface area (Å²) in [6, 6.07) is 7.36. The largest absolute Gasteiger partial charge is 0.510 e. The molecule has 1 aliphatic heterocycles. The Kier molecular flexibility index (Phi) is 5.76. The van der Waals surface area contributed by atoms with E-state index in [2.05, 4.69) is 25.5 Å². The van der Waals surface area contributed by atoms with Gasteiger partial charge in [-0.1, -0.05) is 23.9 Å². The van der Waals surface area contributed by atoms with E-state index in [1.807, 2.05) is 24.3 Å². The lowest BCUT2D eigenvalue weighted by Gasteiger charge is -2.10. The van der Waals surface area contributed by atoms with Crippen LogP contribution in [0.5, 0.6) is 0 Å². The minimum absolute atomic E-state index is 0.0191. The number of hydrogen-bond donors (Lipinski definition) is 2. The number of benzene rings is 1. The third-order valence-electron chi connectivity index (χ3n) is 4.54. The number of para-hydroxylation sites is 2. The summed E-state index contributed by atoms with van der Waals surface area (Å²) in [6.45, 7) is 1.30. The van der Waals surface area contributed by atoms with Gasteiger partial charge in [-0.2, -0.15) is 0 Å². The quantitative estimate of drug-likeness (QED) is 0.257. The third-order valence-corrected chi connectivity index (χ3v) is 5.51. The molecule has 0 aliphatic carbocycles. The molecule has 1 aromatic carbocycles. The van der Waals surface area contributed by atoms with Crippen LogP contribution in [0, 0.1) is 0 Å². The number of carbonyl (C=O) groups is 1. The van der Waals surface area contributed by atoms with Crippen LogP contribution in [-0.4, -0.2) is 66.8 Å². The van der Waals surface area contributed by atoms with Gasteiger partial charge in [-0.3, -0.25) is 0 Å². The Labute approximate surface area is 170 Å². The number of imidazole rings is 1. The van der Waals surface area contributed by atoms with Gasteiger partial charge in [0.15, 0.2) is 0 Å². The van der Waals surface area contributed by atoms with Gasteiger partial charge in [0.1, 0.15) is 17.2 Å². The molecule has 29 heavy (non-hydrogen) atoms. The van der Waals surface area contributed by atoms with Crippen LogP contribution in [0.25, 0.3) is 16.6 Å². The van der Waals surface area contributed by atoms with Gasteiger partial charge in [-0.25, -0.2) is 14.5 Å². The van der Waals surface area contributed by atoms with Gasteiger partial charge in [0.2, 0.25) is 5.16 Å². The third kappa shape index (κ3) is 4.25. The molecule has 11 heteroatoms. The number of H-pyrrole nitrogens is 1. The number of aliphatic hydroxyl groups excluding tert-OH is 1.